The minimum Gasteiger partial charge on any atom is -0.488 e. The molecule has 7 heteroatoms. The number of amides is 2. The van der Waals surface area contributed by atoms with E-state index in [0.717, 1.165) is 23.0 Å². The van der Waals surface area contributed by atoms with Gasteiger partial charge < -0.3 is 25.1 Å². The molecule has 3 aromatic carbocycles. The number of para-hydroxylation sites is 1. The molecule has 1 heterocycles. The number of carbonyl (C=O) groups is 2. The fourth-order valence-electron chi connectivity index (χ4n) is 3.63. The highest BCUT2D eigenvalue weighted by Crippen LogP contribution is 2.22. The first kappa shape index (κ1) is 22.1. The Kier molecular flexibility index (Phi) is 6.71. The van der Waals surface area contributed by atoms with Crippen LogP contribution >= 0.6 is 0 Å². The lowest BCUT2D eigenvalue weighted by molar-refractivity contribution is 0.0994. The number of nitrogens with two attached hydrogens (primary N) is 1. The van der Waals surface area contributed by atoms with Crippen molar-refractivity contribution < 1.29 is 19.1 Å². The predicted molar refractivity (Wildman–Crippen MR) is 128 cm³/mol. The minimum atomic E-state index is -0.551. The fraction of sp³-hybridized carbons (Fsp3) is 0.154. The van der Waals surface area contributed by atoms with Crippen LogP contribution in [0.1, 0.15) is 26.3 Å². The molecule has 168 valence electrons. The minimum absolute atomic E-state index is 0.201. The summed E-state index contributed by atoms with van der Waals surface area (Å²) >= 11 is 0. The third kappa shape index (κ3) is 5.22. The topological polar surface area (TPSA) is 95.6 Å². The summed E-state index contributed by atoms with van der Waals surface area (Å²) in [7, 11) is 1.68. The largest absolute Gasteiger partial charge is 0.488 e. The summed E-state index contributed by atoms with van der Waals surface area (Å²) in [5, 5.41) is 3.99. The molecule has 33 heavy (non-hydrogen) atoms. The molecule has 0 aliphatic heterocycles. The zero-order valence-electron chi connectivity index (χ0n) is 18.3. The van der Waals surface area contributed by atoms with E-state index in [0.29, 0.717) is 29.2 Å². The molecule has 0 bridgehead atoms. The first-order chi connectivity index (χ1) is 16.0. The van der Waals surface area contributed by atoms with Crippen molar-refractivity contribution in [3.05, 3.63) is 95.7 Å². The molecule has 4 rings (SSSR count). The Hall–Kier alpha value is -4.10. The van der Waals surface area contributed by atoms with Crippen molar-refractivity contribution in [2.24, 2.45) is 5.73 Å². The van der Waals surface area contributed by atoms with Gasteiger partial charge in [-0.15, -0.1) is 0 Å². The molecule has 0 spiro atoms. The molecular weight excluding hydrogens is 418 g/mol. The highest BCUT2D eigenvalue weighted by Gasteiger charge is 2.11. The highest BCUT2D eigenvalue weighted by molar-refractivity contribution is 6.05. The van der Waals surface area contributed by atoms with Crippen LogP contribution < -0.4 is 15.8 Å². The van der Waals surface area contributed by atoms with Crippen molar-refractivity contribution in [1.82, 2.24) is 4.57 Å². The van der Waals surface area contributed by atoms with E-state index in [1.807, 2.05) is 36.5 Å². The lowest BCUT2D eigenvalue weighted by Gasteiger charge is -2.11. The number of hydrogen-bond donors (Lipinski definition) is 2. The number of hydrogen-bond acceptors (Lipinski definition) is 4. The Bertz CT molecular complexity index is 1300. The quantitative estimate of drug-likeness (QED) is 0.405. The van der Waals surface area contributed by atoms with E-state index in [1.54, 1.807) is 49.6 Å². The molecule has 4 aromatic rings. The van der Waals surface area contributed by atoms with Gasteiger partial charge in [-0.1, -0.05) is 24.3 Å². The first-order valence-corrected chi connectivity index (χ1v) is 10.5. The van der Waals surface area contributed by atoms with Gasteiger partial charge in [0.25, 0.3) is 11.8 Å². The van der Waals surface area contributed by atoms with Crippen LogP contribution in [0.25, 0.3) is 10.9 Å². The maximum absolute atomic E-state index is 12.8. The van der Waals surface area contributed by atoms with Crippen LogP contribution in [-0.4, -0.2) is 30.1 Å². The van der Waals surface area contributed by atoms with Gasteiger partial charge in [-0.25, -0.2) is 0 Å². The summed E-state index contributed by atoms with van der Waals surface area (Å²) in [5.74, 6) is -0.358. The number of fused-ring (bicyclic) bond motifs is 1. The molecule has 7 nitrogen and oxygen atoms in total. The van der Waals surface area contributed by atoms with Crippen LogP contribution in [-0.2, 0) is 17.9 Å². The maximum atomic E-state index is 12.8. The van der Waals surface area contributed by atoms with Gasteiger partial charge in [0, 0.05) is 42.0 Å². The molecule has 0 unspecified atom stereocenters. The van der Waals surface area contributed by atoms with Crippen LogP contribution in [0.2, 0.25) is 0 Å². The second kappa shape index (κ2) is 10.0. The van der Waals surface area contributed by atoms with Crippen molar-refractivity contribution in [2.75, 3.05) is 19.0 Å². The Balaban J connectivity index is 1.44. The summed E-state index contributed by atoms with van der Waals surface area (Å²) < 4.78 is 13.0. The molecule has 0 aliphatic rings. The zero-order valence-corrected chi connectivity index (χ0v) is 18.3. The van der Waals surface area contributed by atoms with E-state index < -0.39 is 5.91 Å². The van der Waals surface area contributed by atoms with Crippen LogP contribution in [0.3, 0.4) is 0 Å². The number of carbonyl (C=O) groups excluding carboxylic acids is 2. The third-order valence-electron chi connectivity index (χ3n) is 5.30. The molecule has 0 aliphatic carbocycles. The fourth-order valence-corrected chi connectivity index (χ4v) is 3.63. The van der Waals surface area contributed by atoms with Gasteiger partial charge in [-0.3, -0.25) is 9.59 Å². The Morgan fingerprint density at radius 2 is 1.85 bits per heavy atom. The van der Waals surface area contributed by atoms with Gasteiger partial charge in [-0.05, 0) is 54.1 Å². The molecule has 1 aromatic heterocycles. The van der Waals surface area contributed by atoms with E-state index in [4.69, 9.17) is 15.2 Å². The van der Waals surface area contributed by atoms with Gasteiger partial charge in [0.05, 0.1) is 12.2 Å². The SMILES string of the molecule is COCCn1ccc2cc(NC(=O)c3cccc(COc4ccccc4C(N)=O)c3)ccc21. The number of rotatable bonds is 9. The second-order valence-electron chi connectivity index (χ2n) is 7.58. The maximum Gasteiger partial charge on any atom is 0.255 e. The van der Waals surface area contributed by atoms with Crippen LogP contribution in [0.15, 0.2) is 79.0 Å². The van der Waals surface area contributed by atoms with Gasteiger partial charge in [0.15, 0.2) is 0 Å². The van der Waals surface area contributed by atoms with Gasteiger partial charge in [0.1, 0.15) is 12.4 Å². The van der Waals surface area contributed by atoms with Crippen LogP contribution in [0.5, 0.6) is 5.75 Å². The van der Waals surface area contributed by atoms with E-state index in [1.165, 1.54) is 0 Å². The number of nitrogens with zero attached hydrogens (tertiary/aromatic N) is 1. The third-order valence-corrected chi connectivity index (χ3v) is 5.30. The summed E-state index contributed by atoms with van der Waals surface area (Å²) in [6.07, 6.45) is 2.01. The zero-order chi connectivity index (χ0) is 23.2. The van der Waals surface area contributed by atoms with Crippen molar-refractivity contribution in [3.8, 4) is 5.75 Å². The normalized spacial score (nSPS) is 10.8. The van der Waals surface area contributed by atoms with E-state index in [2.05, 4.69) is 9.88 Å². The molecule has 0 saturated carbocycles. The van der Waals surface area contributed by atoms with Crippen molar-refractivity contribution in [1.29, 1.82) is 0 Å². The number of benzene rings is 3. The molecule has 0 saturated heterocycles. The average Bonchev–Trinajstić information content (AvgIpc) is 3.23. The lowest BCUT2D eigenvalue weighted by atomic mass is 10.1. The number of methoxy groups -OCH3 is 1. The van der Waals surface area contributed by atoms with Gasteiger partial charge in [0.2, 0.25) is 0 Å². The number of nitrogens with one attached hydrogen (secondary N) is 1. The second-order valence-corrected chi connectivity index (χ2v) is 7.58. The Morgan fingerprint density at radius 1 is 1.00 bits per heavy atom. The summed E-state index contributed by atoms with van der Waals surface area (Å²) in [4.78, 5) is 24.4. The number of anilines is 1. The first-order valence-electron chi connectivity index (χ1n) is 10.5. The monoisotopic (exact) mass is 443 g/mol. The highest BCUT2D eigenvalue weighted by atomic mass is 16.5. The van der Waals surface area contributed by atoms with E-state index in [9.17, 15) is 9.59 Å². The van der Waals surface area contributed by atoms with Gasteiger partial charge >= 0.3 is 0 Å². The molecular formula is C26H25N3O4. The number of primary amides is 1. The van der Waals surface area contributed by atoms with Crippen molar-refractivity contribution in [2.45, 2.75) is 13.2 Å². The summed E-state index contributed by atoms with van der Waals surface area (Å²) in [6.45, 7) is 1.60. The smallest absolute Gasteiger partial charge is 0.255 e. The van der Waals surface area contributed by atoms with Crippen LogP contribution in [0.4, 0.5) is 5.69 Å². The predicted octanol–water partition coefficient (Wildman–Crippen LogP) is 4.22. The summed E-state index contributed by atoms with van der Waals surface area (Å²) in [5.41, 5.74) is 8.83. The van der Waals surface area contributed by atoms with Crippen molar-refractivity contribution >= 4 is 28.4 Å². The van der Waals surface area contributed by atoms with E-state index >= 15 is 0 Å². The molecule has 0 fully saturated rings. The standard InChI is InChI=1S/C26H25N3O4/c1-32-14-13-29-12-11-19-16-21(9-10-23(19)29)28-26(31)20-6-4-5-18(15-20)17-33-24-8-3-2-7-22(24)25(27)30/h2-12,15-16H,13-14,17H2,1H3,(H2,27,30)(H,28,31). The molecule has 0 atom stereocenters. The molecule has 0 radical (unpaired) electrons. The molecule has 2 amide bonds. The Morgan fingerprint density at radius 3 is 2.67 bits per heavy atom. The van der Waals surface area contributed by atoms with Crippen molar-refractivity contribution in [3.63, 3.8) is 0 Å². The van der Waals surface area contributed by atoms with E-state index in [-0.39, 0.29) is 12.5 Å². The lowest BCUT2D eigenvalue weighted by Crippen LogP contribution is -2.13. The number of ether oxygens (including phenoxy) is 2. The Labute approximate surface area is 191 Å². The van der Waals surface area contributed by atoms with Crippen LogP contribution in [0, 0.1) is 0 Å². The van der Waals surface area contributed by atoms with Gasteiger partial charge in [-0.2, -0.15) is 0 Å². The molecule has 3 N–H and O–H groups in total. The average molecular weight is 444 g/mol. The number of aromatic nitrogens is 1. The summed E-state index contributed by atoms with van der Waals surface area (Å²) in [6, 6.07) is 21.8.